The second-order valence-electron chi connectivity index (χ2n) is 8.12. The van der Waals surface area contributed by atoms with Gasteiger partial charge in [0.05, 0.1) is 5.52 Å². The van der Waals surface area contributed by atoms with E-state index < -0.39 is 6.09 Å². The lowest BCUT2D eigenvalue weighted by atomic mass is 10.1. The fraction of sp³-hybridized carbons (Fsp3) is 0.545. The molecule has 0 unspecified atom stereocenters. The summed E-state index contributed by atoms with van der Waals surface area (Å²) in [7, 11) is 0. The van der Waals surface area contributed by atoms with Crippen LogP contribution in [0.1, 0.15) is 40.5 Å². The van der Waals surface area contributed by atoms with E-state index in [2.05, 4.69) is 29.0 Å². The Balaban J connectivity index is 1.59. The highest BCUT2D eigenvalue weighted by molar-refractivity contribution is 5.81. The fourth-order valence-corrected chi connectivity index (χ4v) is 3.34. The molecule has 1 aliphatic heterocycles. The summed E-state index contributed by atoms with van der Waals surface area (Å²) in [5.41, 5.74) is 0.774. The Labute approximate surface area is 167 Å². The van der Waals surface area contributed by atoms with Crippen LogP contribution in [0.5, 0.6) is 11.6 Å². The van der Waals surface area contributed by atoms with Crippen molar-refractivity contribution in [1.29, 1.82) is 0 Å². The standard InChI is InChI=1S/C22H31N3O3/c1-15(2)14-23-22(26)28-21-8-5-17-13-19(6-7-20(17)24-21)27-18-9-11-25(12-10-18)16(3)4/h5-8,13,15-16,18H,9-12,14H2,1-4H3,(H,23,26). The number of pyridine rings is 1. The largest absolute Gasteiger partial charge is 0.490 e. The number of likely N-dealkylation sites (tertiary alicyclic amines) is 1. The molecule has 1 aromatic carbocycles. The summed E-state index contributed by atoms with van der Waals surface area (Å²) in [6.45, 7) is 11.3. The van der Waals surface area contributed by atoms with E-state index in [0.29, 0.717) is 24.4 Å². The SMILES string of the molecule is CC(C)CNC(=O)Oc1ccc2cc(OC3CCN(C(C)C)CC3)ccc2n1. The van der Waals surface area contributed by atoms with E-state index in [1.807, 2.05) is 38.1 Å². The lowest BCUT2D eigenvalue weighted by Gasteiger charge is -2.34. The number of nitrogens with zero attached hydrogens (tertiary/aromatic N) is 2. The third-order valence-electron chi connectivity index (χ3n) is 5.00. The Hall–Kier alpha value is -2.34. The minimum absolute atomic E-state index is 0.257. The minimum atomic E-state index is -0.478. The smallest absolute Gasteiger partial charge is 0.413 e. The summed E-state index contributed by atoms with van der Waals surface area (Å²) in [5, 5.41) is 3.68. The number of fused-ring (bicyclic) bond motifs is 1. The van der Waals surface area contributed by atoms with Crippen molar-refractivity contribution in [2.24, 2.45) is 5.92 Å². The van der Waals surface area contributed by atoms with Crippen molar-refractivity contribution in [2.45, 2.75) is 52.7 Å². The van der Waals surface area contributed by atoms with Gasteiger partial charge in [-0.3, -0.25) is 0 Å². The molecule has 28 heavy (non-hydrogen) atoms. The highest BCUT2D eigenvalue weighted by Crippen LogP contribution is 2.25. The molecule has 0 bridgehead atoms. The number of benzene rings is 1. The van der Waals surface area contributed by atoms with Crippen LogP contribution in [0.15, 0.2) is 30.3 Å². The van der Waals surface area contributed by atoms with Crippen molar-refractivity contribution in [3.63, 3.8) is 0 Å². The molecular formula is C22H31N3O3. The van der Waals surface area contributed by atoms with Crippen LogP contribution in [0.2, 0.25) is 0 Å². The maximum absolute atomic E-state index is 11.8. The number of carbonyl (C=O) groups is 1. The molecule has 1 fully saturated rings. The van der Waals surface area contributed by atoms with Crippen molar-refractivity contribution in [3.05, 3.63) is 30.3 Å². The summed E-state index contributed by atoms with van der Waals surface area (Å²) in [6, 6.07) is 10.1. The van der Waals surface area contributed by atoms with Crippen LogP contribution in [-0.4, -0.2) is 47.8 Å². The van der Waals surface area contributed by atoms with Gasteiger partial charge in [-0.25, -0.2) is 9.78 Å². The predicted octanol–water partition coefficient (Wildman–Crippen LogP) is 4.23. The number of nitrogens with one attached hydrogen (secondary N) is 1. The van der Waals surface area contributed by atoms with Crippen LogP contribution < -0.4 is 14.8 Å². The Kier molecular flexibility index (Phi) is 6.73. The number of ether oxygens (including phenoxy) is 2. The summed E-state index contributed by atoms with van der Waals surface area (Å²) in [4.78, 5) is 18.7. The molecule has 1 N–H and O–H groups in total. The van der Waals surface area contributed by atoms with E-state index in [-0.39, 0.29) is 6.10 Å². The zero-order valence-electron chi connectivity index (χ0n) is 17.3. The number of rotatable bonds is 6. The first kappa shape index (κ1) is 20.4. The summed E-state index contributed by atoms with van der Waals surface area (Å²) in [6.07, 6.45) is 1.88. The second-order valence-corrected chi connectivity index (χ2v) is 8.12. The van der Waals surface area contributed by atoms with Gasteiger partial charge in [-0.1, -0.05) is 13.8 Å². The van der Waals surface area contributed by atoms with Crippen LogP contribution in [-0.2, 0) is 0 Å². The zero-order valence-corrected chi connectivity index (χ0v) is 17.3. The Morgan fingerprint density at radius 3 is 2.61 bits per heavy atom. The first-order chi connectivity index (χ1) is 13.4. The average Bonchev–Trinajstić information content (AvgIpc) is 2.67. The molecule has 1 amide bonds. The molecular weight excluding hydrogens is 354 g/mol. The van der Waals surface area contributed by atoms with Gasteiger partial charge in [0.2, 0.25) is 5.88 Å². The molecule has 1 aliphatic rings. The number of hydrogen-bond donors (Lipinski definition) is 1. The maximum Gasteiger partial charge on any atom is 0.413 e. The Morgan fingerprint density at radius 1 is 1.18 bits per heavy atom. The van der Waals surface area contributed by atoms with E-state index in [1.165, 1.54) is 0 Å². The topological polar surface area (TPSA) is 63.7 Å². The van der Waals surface area contributed by atoms with Gasteiger partial charge in [-0.15, -0.1) is 0 Å². The maximum atomic E-state index is 11.8. The number of amides is 1. The van der Waals surface area contributed by atoms with Crippen molar-refractivity contribution >= 4 is 17.0 Å². The van der Waals surface area contributed by atoms with E-state index in [0.717, 1.165) is 42.6 Å². The highest BCUT2D eigenvalue weighted by Gasteiger charge is 2.22. The fourth-order valence-electron chi connectivity index (χ4n) is 3.34. The highest BCUT2D eigenvalue weighted by atomic mass is 16.6. The summed E-state index contributed by atoms with van der Waals surface area (Å²) in [5.74, 6) is 1.53. The lowest BCUT2D eigenvalue weighted by Crippen LogP contribution is -2.41. The van der Waals surface area contributed by atoms with Crippen LogP contribution in [0.25, 0.3) is 10.9 Å². The molecule has 0 spiro atoms. The summed E-state index contributed by atoms with van der Waals surface area (Å²) < 4.78 is 11.4. The van der Waals surface area contributed by atoms with E-state index in [1.54, 1.807) is 6.07 Å². The number of aromatic nitrogens is 1. The number of hydrogen-bond acceptors (Lipinski definition) is 5. The third-order valence-corrected chi connectivity index (χ3v) is 5.00. The Morgan fingerprint density at radius 2 is 1.93 bits per heavy atom. The van der Waals surface area contributed by atoms with E-state index in [9.17, 15) is 4.79 Å². The molecule has 6 heteroatoms. The monoisotopic (exact) mass is 385 g/mol. The van der Waals surface area contributed by atoms with Crippen LogP contribution in [0.4, 0.5) is 4.79 Å². The van der Waals surface area contributed by atoms with Crippen molar-refractivity contribution in [1.82, 2.24) is 15.2 Å². The molecule has 6 nitrogen and oxygen atoms in total. The molecule has 0 atom stereocenters. The van der Waals surface area contributed by atoms with Crippen LogP contribution >= 0.6 is 0 Å². The molecule has 1 aromatic heterocycles. The van der Waals surface area contributed by atoms with Gasteiger partial charge < -0.3 is 19.7 Å². The van der Waals surface area contributed by atoms with E-state index in [4.69, 9.17) is 9.47 Å². The van der Waals surface area contributed by atoms with Crippen LogP contribution in [0.3, 0.4) is 0 Å². The normalized spacial score (nSPS) is 15.9. The Bertz CT molecular complexity index is 799. The first-order valence-electron chi connectivity index (χ1n) is 10.2. The van der Waals surface area contributed by atoms with Crippen LogP contribution in [0, 0.1) is 5.92 Å². The van der Waals surface area contributed by atoms with Crippen molar-refractivity contribution in [3.8, 4) is 11.6 Å². The van der Waals surface area contributed by atoms with Gasteiger partial charge >= 0.3 is 6.09 Å². The van der Waals surface area contributed by atoms with Gasteiger partial charge in [0.1, 0.15) is 11.9 Å². The molecule has 0 radical (unpaired) electrons. The molecule has 3 rings (SSSR count). The van der Waals surface area contributed by atoms with Crippen molar-refractivity contribution < 1.29 is 14.3 Å². The predicted molar refractivity (Wildman–Crippen MR) is 111 cm³/mol. The number of carbonyl (C=O) groups excluding carboxylic acids is 1. The van der Waals surface area contributed by atoms with Gasteiger partial charge in [0, 0.05) is 37.1 Å². The van der Waals surface area contributed by atoms with Gasteiger partial charge in [-0.2, -0.15) is 0 Å². The molecule has 2 heterocycles. The quantitative estimate of drug-likeness (QED) is 0.806. The van der Waals surface area contributed by atoms with Gasteiger partial charge in [0.25, 0.3) is 0 Å². The molecule has 2 aromatic rings. The van der Waals surface area contributed by atoms with E-state index >= 15 is 0 Å². The molecule has 1 saturated heterocycles. The zero-order chi connectivity index (χ0) is 20.1. The van der Waals surface area contributed by atoms with Crippen molar-refractivity contribution in [2.75, 3.05) is 19.6 Å². The average molecular weight is 386 g/mol. The first-order valence-corrected chi connectivity index (χ1v) is 10.2. The van der Waals surface area contributed by atoms with Gasteiger partial charge in [-0.05, 0) is 56.9 Å². The molecule has 152 valence electrons. The second kappa shape index (κ2) is 9.24. The lowest BCUT2D eigenvalue weighted by molar-refractivity contribution is 0.0844. The molecule has 0 saturated carbocycles. The number of piperidine rings is 1. The third kappa shape index (κ3) is 5.58. The molecule has 0 aliphatic carbocycles. The van der Waals surface area contributed by atoms with Gasteiger partial charge in [0.15, 0.2) is 0 Å². The summed E-state index contributed by atoms with van der Waals surface area (Å²) >= 11 is 0. The minimum Gasteiger partial charge on any atom is -0.490 e.